The summed E-state index contributed by atoms with van der Waals surface area (Å²) >= 11 is 5.28. The first kappa shape index (κ1) is 56.3. The second-order valence-electron chi connectivity index (χ2n) is 20.2. The molecule has 2 aliphatic rings. The van der Waals surface area contributed by atoms with Gasteiger partial charge in [0.15, 0.2) is 21.7 Å². The van der Waals surface area contributed by atoms with Gasteiger partial charge in [0.05, 0.1) is 12.4 Å². The molecule has 0 saturated carbocycles. The number of aromatic nitrogens is 10. The molecule has 384 valence electrons. The number of halogens is 1. The third-order valence-electron chi connectivity index (χ3n) is 10.9. The Labute approximate surface area is 409 Å². The van der Waals surface area contributed by atoms with E-state index in [2.05, 4.69) is 84.2 Å². The first-order valence-electron chi connectivity index (χ1n) is 22.5. The van der Waals surface area contributed by atoms with Crippen LogP contribution < -0.4 is 20.5 Å². The van der Waals surface area contributed by atoms with Crippen LogP contribution in [0.15, 0.2) is 46.5 Å². The zero-order chi connectivity index (χ0) is 51.4. The number of anilines is 2. The topological polar surface area (TPSA) is 329 Å². The molecule has 2 amide bonds. The predicted molar refractivity (Wildman–Crippen MR) is 257 cm³/mol. The van der Waals surface area contributed by atoms with E-state index in [4.69, 9.17) is 31.4 Å². The number of sulfonamides is 2. The van der Waals surface area contributed by atoms with Gasteiger partial charge >= 0.3 is 12.2 Å². The van der Waals surface area contributed by atoms with Gasteiger partial charge < -0.3 is 29.5 Å². The molecule has 2 atom stereocenters. The molecule has 0 bridgehead atoms. The Kier molecular flexibility index (Phi) is 19.2. The van der Waals surface area contributed by atoms with E-state index in [0.717, 1.165) is 38.5 Å². The summed E-state index contributed by atoms with van der Waals surface area (Å²) in [7, 11) is -7.74. The number of rotatable bonds is 15. The lowest BCUT2D eigenvalue weighted by atomic mass is 9.93. The van der Waals surface area contributed by atoms with Crippen molar-refractivity contribution in [2.24, 2.45) is 22.1 Å². The number of nitrogens with zero attached hydrogens (tertiary/aromatic N) is 11. The van der Waals surface area contributed by atoms with E-state index in [0.29, 0.717) is 73.7 Å². The number of primary sulfonamides is 2. The van der Waals surface area contributed by atoms with Crippen molar-refractivity contribution in [2.45, 2.75) is 153 Å². The van der Waals surface area contributed by atoms with Crippen molar-refractivity contribution in [3.63, 3.8) is 0 Å². The number of nitrogens with two attached hydrogens (primary N) is 2. The first-order chi connectivity index (χ1) is 32.0. The van der Waals surface area contributed by atoms with E-state index in [1.54, 1.807) is 24.3 Å². The quantitative estimate of drug-likeness (QED) is 0.0776. The van der Waals surface area contributed by atoms with Crippen LogP contribution >= 0.6 is 11.6 Å². The molecule has 0 radical (unpaired) electrons. The van der Waals surface area contributed by atoms with Gasteiger partial charge in [-0.25, -0.2) is 46.7 Å². The number of alkyl halides is 1. The van der Waals surface area contributed by atoms with Crippen LogP contribution in [0.4, 0.5) is 21.2 Å². The van der Waals surface area contributed by atoms with Crippen LogP contribution in [0.1, 0.15) is 119 Å². The molecule has 0 aliphatic carbocycles. The van der Waals surface area contributed by atoms with Gasteiger partial charge in [-0.2, -0.15) is 10.4 Å². The van der Waals surface area contributed by atoms with Gasteiger partial charge in [0, 0.05) is 37.3 Å². The number of hydrogen-bond donors (Lipinski definition) is 5. The molecular formula is C42H69ClN16O8S2. The maximum Gasteiger partial charge on any atom is 0.410 e. The number of likely N-dealkylation sites (tertiary alicyclic amines) is 2. The van der Waals surface area contributed by atoms with Crippen LogP contribution in [-0.2, 0) is 41.9 Å². The van der Waals surface area contributed by atoms with E-state index in [-0.39, 0.29) is 33.3 Å². The van der Waals surface area contributed by atoms with Gasteiger partial charge in [-0.05, 0) is 144 Å². The lowest BCUT2D eigenvalue weighted by molar-refractivity contribution is 0.0118. The van der Waals surface area contributed by atoms with E-state index >= 15 is 0 Å². The Morgan fingerprint density at radius 2 is 1.25 bits per heavy atom. The highest BCUT2D eigenvalue weighted by molar-refractivity contribution is 7.89. The van der Waals surface area contributed by atoms with E-state index in [9.17, 15) is 26.4 Å². The molecule has 6 rings (SSSR count). The number of carbonyl (C=O) groups excluding carboxylic acids is 2. The average Bonchev–Trinajstić information content (AvgIpc) is 4.06. The van der Waals surface area contributed by atoms with Gasteiger partial charge in [0.1, 0.15) is 22.8 Å². The summed E-state index contributed by atoms with van der Waals surface area (Å²) < 4.78 is 57.4. The lowest BCUT2D eigenvalue weighted by Gasteiger charge is -2.33. The molecule has 27 heteroatoms. The second kappa shape index (κ2) is 23.5. The Hall–Kier alpha value is -5.31. The van der Waals surface area contributed by atoms with Crippen LogP contribution in [0.3, 0.4) is 0 Å². The molecule has 4 aromatic rings. The summed E-state index contributed by atoms with van der Waals surface area (Å²) in [5.74, 6) is 2.96. The summed E-state index contributed by atoms with van der Waals surface area (Å²) in [5, 5.41) is 39.8. The molecule has 24 nitrogen and oxygen atoms in total. The van der Waals surface area contributed by atoms with Crippen LogP contribution in [0.25, 0.3) is 0 Å². The second-order valence-corrected chi connectivity index (χ2v) is 23.4. The highest BCUT2D eigenvalue weighted by Crippen LogP contribution is 2.37. The molecule has 0 unspecified atom stereocenters. The minimum absolute atomic E-state index is 0.150. The maximum absolute atomic E-state index is 12.7. The van der Waals surface area contributed by atoms with E-state index in [1.807, 2.05) is 56.2 Å². The van der Waals surface area contributed by atoms with Crippen molar-refractivity contribution in [3.05, 3.63) is 48.0 Å². The summed E-state index contributed by atoms with van der Waals surface area (Å²) in [4.78, 5) is 38.9. The predicted octanol–water partition coefficient (Wildman–Crippen LogP) is 4.96. The SMILES string of the molecule is CC(C)(C)OC(=O)N1C[C@@H](CCCN(Cc2nn[nH]n2)c2cccc(S(N)(=O)=O)n2)CC1(C)C.CC(C)(C)OC(=O)N1C[C@@H](CCCNc2cccc(S(N)(=O)=O)n2)CC1(C)C.ClCc1nn[nH]n1. The van der Waals surface area contributed by atoms with Gasteiger partial charge in [-0.1, -0.05) is 22.6 Å². The fraction of sp³-hybridized carbons (Fsp3) is 0.667. The highest BCUT2D eigenvalue weighted by atomic mass is 35.5. The van der Waals surface area contributed by atoms with Crippen molar-refractivity contribution in [1.82, 2.24) is 61.0 Å². The number of H-pyrrole nitrogens is 2. The summed E-state index contributed by atoms with van der Waals surface area (Å²) in [6, 6.07) is 9.36. The standard InChI is InChI=1S/C21H34N8O4S.C19H32N4O4S.C2H3ClN4/c1-20(2,3)33-19(30)29-13-15(12-21(29,4)5)8-7-11-28(14-16-24-26-27-25-16)17-9-6-10-18(23-17)34(22,31)32;1-18(2,3)27-17(24)23-13-14(12-19(23,4)5)8-7-11-21-15-9-6-10-16(22-15)28(20,25)26;3-1-2-4-6-7-5-2/h6,9-10,15H,7-8,11-14H2,1-5H3,(H2,22,31,32)(H,24,25,26,27);6,9-10,14H,7-8,11-13H2,1-5H3,(H,21,22)(H2,20,25,26);1H2,(H,4,5,6,7)/t15-;14-;/m00./s1. The molecular weight excluding hydrogens is 956 g/mol. The Balaban J connectivity index is 0.000000266. The average molecular weight is 1030 g/mol. The number of ether oxygens (including phenoxy) is 2. The number of pyridine rings is 2. The summed E-state index contributed by atoms with van der Waals surface area (Å²) in [6.07, 6.45) is 4.74. The number of nitrogens with one attached hydrogen (secondary N) is 3. The third-order valence-corrected chi connectivity index (χ3v) is 12.7. The Morgan fingerprint density at radius 3 is 1.70 bits per heavy atom. The zero-order valence-electron chi connectivity index (χ0n) is 41.1. The number of aromatic amines is 2. The van der Waals surface area contributed by atoms with Crippen molar-refractivity contribution in [3.8, 4) is 0 Å². The van der Waals surface area contributed by atoms with Crippen molar-refractivity contribution < 1.29 is 35.9 Å². The van der Waals surface area contributed by atoms with Gasteiger partial charge in [-0.15, -0.1) is 32.0 Å². The molecule has 69 heavy (non-hydrogen) atoms. The fourth-order valence-electron chi connectivity index (χ4n) is 7.96. The summed E-state index contributed by atoms with van der Waals surface area (Å²) in [6.45, 7) is 22.3. The molecule has 0 aromatic carbocycles. The number of hydrogen-bond acceptors (Lipinski definition) is 18. The van der Waals surface area contributed by atoms with Crippen LogP contribution in [0.5, 0.6) is 0 Å². The molecule has 6 heterocycles. The van der Waals surface area contributed by atoms with E-state index in [1.165, 1.54) is 12.1 Å². The number of amides is 2. The Bertz CT molecular complexity index is 2480. The molecule has 7 N–H and O–H groups in total. The van der Waals surface area contributed by atoms with Crippen molar-refractivity contribution in [2.75, 3.05) is 36.4 Å². The fourth-order valence-corrected chi connectivity index (χ4v) is 9.06. The third kappa shape index (κ3) is 18.5. The van der Waals surface area contributed by atoms with Crippen molar-refractivity contribution in [1.29, 1.82) is 0 Å². The van der Waals surface area contributed by atoms with Gasteiger partial charge in [0.25, 0.3) is 20.0 Å². The van der Waals surface area contributed by atoms with Crippen LogP contribution in [0, 0.1) is 11.8 Å². The number of carbonyl (C=O) groups is 2. The normalized spacial score (nSPS) is 17.8. The Morgan fingerprint density at radius 1 is 0.768 bits per heavy atom. The minimum atomic E-state index is -3.93. The smallest absolute Gasteiger partial charge is 0.410 e. The monoisotopic (exact) mass is 1020 g/mol. The first-order valence-corrected chi connectivity index (χ1v) is 26.1. The maximum atomic E-state index is 12.7. The van der Waals surface area contributed by atoms with Crippen molar-refractivity contribution >= 4 is 55.5 Å². The number of tetrazole rings is 2. The minimum Gasteiger partial charge on any atom is -0.444 e. The lowest BCUT2D eigenvalue weighted by Crippen LogP contribution is -2.45. The van der Waals surface area contributed by atoms with Crippen LogP contribution in [0.2, 0.25) is 0 Å². The zero-order valence-corrected chi connectivity index (χ0v) is 43.5. The highest BCUT2D eigenvalue weighted by Gasteiger charge is 2.44. The molecule has 2 saturated heterocycles. The van der Waals surface area contributed by atoms with E-state index < -0.39 is 31.2 Å². The molecule has 0 spiro atoms. The largest absolute Gasteiger partial charge is 0.444 e. The molecule has 2 fully saturated rings. The summed E-state index contributed by atoms with van der Waals surface area (Å²) in [5.41, 5.74) is -1.57. The van der Waals surface area contributed by atoms with Gasteiger partial charge in [-0.3, -0.25) is 0 Å². The van der Waals surface area contributed by atoms with Gasteiger partial charge in [0.2, 0.25) is 0 Å². The molecule has 2 aliphatic heterocycles. The van der Waals surface area contributed by atoms with Crippen LogP contribution in [-0.4, -0.2) is 138 Å². The molecule has 4 aromatic heterocycles.